The Kier molecular flexibility index (Phi) is 3.81. The summed E-state index contributed by atoms with van der Waals surface area (Å²) in [7, 11) is 0. The minimum absolute atomic E-state index is 0.334. The van der Waals surface area contributed by atoms with Gasteiger partial charge in [0, 0.05) is 0 Å². The molecule has 0 atom stereocenters. The lowest BCUT2D eigenvalue weighted by Crippen LogP contribution is -1.91. The van der Waals surface area contributed by atoms with Crippen molar-refractivity contribution in [2.75, 3.05) is 0 Å². The first-order valence-electron chi connectivity index (χ1n) is 6.13. The van der Waals surface area contributed by atoms with Crippen LogP contribution in [0.5, 0.6) is 5.75 Å². The van der Waals surface area contributed by atoms with E-state index in [-0.39, 0.29) is 0 Å². The molecule has 17 heavy (non-hydrogen) atoms. The van der Waals surface area contributed by atoms with Crippen molar-refractivity contribution in [3.63, 3.8) is 0 Å². The van der Waals surface area contributed by atoms with Crippen LogP contribution in [0.4, 0.5) is 0 Å². The molecule has 2 aromatic carbocycles. The Balaban J connectivity index is 1.95. The molecule has 1 heteroatoms. The van der Waals surface area contributed by atoms with Crippen LogP contribution in [0.15, 0.2) is 48.5 Å². The molecule has 0 fully saturated rings. The monoisotopic (exact) mass is 226 g/mol. The molecular weight excluding hydrogens is 208 g/mol. The standard InChI is InChI=1S/C16H18O/c1-2-13-3-5-14(6-4-13)7-8-15-9-11-16(17)12-10-15/h3-6,9-12,17H,2,7-8H2,1H3. The maximum absolute atomic E-state index is 9.20. The van der Waals surface area contributed by atoms with Gasteiger partial charge < -0.3 is 5.11 Å². The Morgan fingerprint density at radius 3 is 1.59 bits per heavy atom. The minimum atomic E-state index is 0.334. The van der Waals surface area contributed by atoms with Crippen molar-refractivity contribution in [1.82, 2.24) is 0 Å². The first-order valence-corrected chi connectivity index (χ1v) is 6.13. The summed E-state index contributed by atoms with van der Waals surface area (Å²) < 4.78 is 0. The highest BCUT2D eigenvalue weighted by atomic mass is 16.3. The van der Waals surface area contributed by atoms with Crippen LogP contribution < -0.4 is 0 Å². The maximum Gasteiger partial charge on any atom is 0.115 e. The predicted octanol–water partition coefficient (Wildman–Crippen LogP) is 3.74. The first kappa shape index (κ1) is 11.7. The fraction of sp³-hybridized carbons (Fsp3) is 0.250. The number of benzene rings is 2. The van der Waals surface area contributed by atoms with Crippen molar-refractivity contribution in [2.24, 2.45) is 0 Å². The van der Waals surface area contributed by atoms with Gasteiger partial charge in [-0.25, -0.2) is 0 Å². The SMILES string of the molecule is CCc1ccc(CCc2ccc(O)cc2)cc1. The van der Waals surface area contributed by atoms with Gasteiger partial charge in [0.05, 0.1) is 0 Å². The molecule has 88 valence electrons. The van der Waals surface area contributed by atoms with Gasteiger partial charge >= 0.3 is 0 Å². The average Bonchev–Trinajstić information content (AvgIpc) is 2.39. The summed E-state index contributed by atoms with van der Waals surface area (Å²) in [6.07, 6.45) is 3.17. The molecule has 0 aromatic heterocycles. The molecular formula is C16H18O. The first-order chi connectivity index (χ1) is 8.28. The summed E-state index contributed by atoms with van der Waals surface area (Å²) in [5.41, 5.74) is 4.02. The third kappa shape index (κ3) is 3.35. The lowest BCUT2D eigenvalue weighted by molar-refractivity contribution is 0.475. The van der Waals surface area contributed by atoms with Gasteiger partial charge in [-0.15, -0.1) is 0 Å². The van der Waals surface area contributed by atoms with Gasteiger partial charge in [0.15, 0.2) is 0 Å². The molecule has 0 aliphatic carbocycles. The van der Waals surface area contributed by atoms with E-state index < -0.39 is 0 Å². The fourth-order valence-corrected chi connectivity index (χ4v) is 1.89. The highest BCUT2D eigenvalue weighted by Gasteiger charge is 1.97. The van der Waals surface area contributed by atoms with E-state index in [0.717, 1.165) is 19.3 Å². The zero-order chi connectivity index (χ0) is 12.1. The third-order valence-corrected chi connectivity index (χ3v) is 3.07. The summed E-state index contributed by atoms with van der Waals surface area (Å²) in [6, 6.07) is 16.3. The second kappa shape index (κ2) is 5.53. The van der Waals surface area contributed by atoms with Gasteiger partial charge in [0.2, 0.25) is 0 Å². The third-order valence-electron chi connectivity index (χ3n) is 3.07. The number of hydrogen-bond donors (Lipinski definition) is 1. The van der Waals surface area contributed by atoms with E-state index in [1.807, 2.05) is 12.1 Å². The Labute approximate surface area is 103 Å². The lowest BCUT2D eigenvalue weighted by Gasteiger charge is -2.03. The second-order valence-corrected chi connectivity index (χ2v) is 4.34. The lowest BCUT2D eigenvalue weighted by atomic mass is 10.0. The van der Waals surface area contributed by atoms with Gasteiger partial charge in [0.25, 0.3) is 0 Å². The zero-order valence-electron chi connectivity index (χ0n) is 10.2. The van der Waals surface area contributed by atoms with Crippen LogP contribution in [0.3, 0.4) is 0 Å². The van der Waals surface area contributed by atoms with Crippen molar-refractivity contribution in [2.45, 2.75) is 26.2 Å². The molecule has 0 aliphatic heterocycles. The zero-order valence-corrected chi connectivity index (χ0v) is 10.2. The van der Waals surface area contributed by atoms with Crippen LogP contribution in [-0.4, -0.2) is 5.11 Å². The molecule has 0 saturated carbocycles. The van der Waals surface area contributed by atoms with E-state index in [2.05, 4.69) is 31.2 Å². The van der Waals surface area contributed by atoms with Gasteiger partial charge in [-0.1, -0.05) is 43.3 Å². The van der Waals surface area contributed by atoms with Gasteiger partial charge in [-0.2, -0.15) is 0 Å². The summed E-state index contributed by atoms with van der Waals surface area (Å²) in [5.74, 6) is 0.334. The molecule has 2 aromatic rings. The Morgan fingerprint density at radius 2 is 1.12 bits per heavy atom. The largest absolute Gasteiger partial charge is 0.508 e. The molecule has 1 nitrogen and oxygen atoms in total. The van der Waals surface area contributed by atoms with Crippen LogP contribution in [-0.2, 0) is 19.3 Å². The van der Waals surface area contributed by atoms with Crippen molar-refractivity contribution in [1.29, 1.82) is 0 Å². The number of hydrogen-bond acceptors (Lipinski definition) is 1. The predicted molar refractivity (Wildman–Crippen MR) is 71.3 cm³/mol. The number of phenols is 1. The van der Waals surface area contributed by atoms with Crippen LogP contribution in [0.25, 0.3) is 0 Å². The second-order valence-electron chi connectivity index (χ2n) is 4.34. The van der Waals surface area contributed by atoms with Gasteiger partial charge in [-0.3, -0.25) is 0 Å². The number of aromatic hydroxyl groups is 1. The van der Waals surface area contributed by atoms with Crippen molar-refractivity contribution < 1.29 is 5.11 Å². The number of phenolic OH excluding ortho intramolecular Hbond substituents is 1. The van der Waals surface area contributed by atoms with Crippen LogP contribution in [0.1, 0.15) is 23.6 Å². The highest BCUT2D eigenvalue weighted by molar-refractivity contribution is 5.28. The van der Waals surface area contributed by atoms with E-state index >= 15 is 0 Å². The van der Waals surface area contributed by atoms with Gasteiger partial charge in [0.1, 0.15) is 5.75 Å². The molecule has 0 amide bonds. The van der Waals surface area contributed by atoms with E-state index in [4.69, 9.17) is 0 Å². The Morgan fingerprint density at radius 1 is 0.706 bits per heavy atom. The van der Waals surface area contributed by atoms with Crippen LogP contribution >= 0.6 is 0 Å². The molecule has 0 bridgehead atoms. The Hall–Kier alpha value is -1.76. The Bertz CT molecular complexity index is 454. The summed E-state index contributed by atoms with van der Waals surface area (Å²) in [5, 5.41) is 9.20. The molecule has 0 saturated heterocycles. The normalized spacial score (nSPS) is 10.4. The molecule has 0 unspecified atom stereocenters. The molecule has 0 heterocycles. The minimum Gasteiger partial charge on any atom is -0.508 e. The van der Waals surface area contributed by atoms with Crippen LogP contribution in [0, 0.1) is 0 Å². The van der Waals surface area contributed by atoms with E-state index in [9.17, 15) is 5.11 Å². The average molecular weight is 226 g/mol. The van der Waals surface area contributed by atoms with Crippen molar-refractivity contribution >= 4 is 0 Å². The maximum atomic E-state index is 9.20. The highest BCUT2D eigenvalue weighted by Crippen LogP contribution is 2.13. The van der Waals surface area contributed by atoms with Crippen molar-refractivity contribution in [3.05, 3.63) is 65.2 Å². The fourth-order valence-electron chi connectivity index (χ4n) is 1.89. The van der Waals surface area contributed by atoms with Crippen LogP contribution in [0.2, 0.25) is 0 Å². The molecule has 0 radical (unpaired) electrons. The number of rotatable bonds is 4. The molecule has 0 aliphatic rings. The summed E-state index contributed by atoms with van der Waals surface area (Å²) >= 11 is 0. The van der Waals surface area contributed by atoms with Crippen molar-refractivity contribution in [3.8, 4) is 5.75 Å². The summed E-state index contributed by atoms with van der Waals surface area (Å²) in [4.78, 5) is 0. The topological polar surface area (TPSA) is 20.2 Å². The smallest absolute Gasteiger partial charge is 0.115 e. The molecule has 2 rings (SSSR count). The molecule has 0 spiro atoms. The van der Waals surface area contributed by atoms with Gasteiger partial charge in [-0.05, 0) is 48.1 Å². The van der Waals surface area contributed by atoms with E-state index in [0.29, 0.717) is 5.75 Å². The quantitative estimate of drug-likeness (QED) is 0.842. The number of aryl methyl sites for hydroxylation is 3. The van der Waals surface area contributed by atoms with E-state index in [1.165, 1.54) is 16.7 Å². The summed E-state index contributed by atoms with van der Waals surface area (Å²) in [6.45, 7) is 2.17. The van der Waals surface area contributed by atoms with E-state index in [1.54, 1.807) is 12.1 Å². The molecule has 1 N–H and O–H groups in total.